The van der Waals surface area contributed by atoms with Gasteiger partial charge in [0, 0.05) is 0 Å². The topological polar surface area (TPSA) is 88.6 Å². The SMILES string of the molecule is O=CN(S(=O)(=O)F)S(=O)(=O)C(F)(F)C(F)(F)F. The normalized spacial score (nSPS) is 14.5. The first-order valence-corrected chi connectivity index (χ1v) is 5.86. The Kier molecular flexibility index (Phi) is 3.76. The van der Waals surface area contributed by atoms with Crippen LogP contribution >= 0.6 is 0 Å². The molecule has 0 aromatic rings. The van der Waals surface area contributed by atoms with Crippen LogP contribution in [0.2, 0.25) is 0 Å². The molecule has 0 aliphatic rings. The number of alkyl halides is 5. The van der Waals surface area contributed by atoms with Crippen LogP contribution in [0.1, 0.15) is 0 Å². The predicted octanol–water partition coefficient (Wildman–Crippen LogP) is 0.144. The monoisotopic (exact) mass is 309 g/mol. The summed E-state index contributed by atoms with van der Waals surface area (Å²) in [7, 11) is -13.7. The quantitative estimate of drug-likeness (QED) is 0.419. The molecule has 0 aromatic heterocycles. The van der Waals surface area contributed by atoms with Crippen molar-refractivity contribution >= 4 is 26.8 Å². The van der Waals surface area contributed by atoms with Crippen LogP contribution < -0.4 is 0 Å². The van der Waals surface area contributed by atoms with Crippen LogP contribution in [0.15, 0.2) is 0 Å². The zero-order chi connectivity index (χ0) is 14.3. The second kappa shape index (κ2) is 4.01. The van der Waals surface area contributed by atoms with Crippen LogP contribution in [0.25, 0.3) is 0 Å². The molecule has 0 N–H and O–H groups in total. The van der Waals surface area contributed by atoms with E-state index in [4.69, 9.17) is 0 Å². The molecular formula is C3HF6NO5S2. The van der Waals surface area contributed by atoms with Gasteiger partial charge in [-0.3, -0.25) is 4.79 Å². The number of amides is 1. The fourth-order valence-electron chi connectivity index (χ4n) is 0.485. The predicted molar refractivity (Wildman–Crippen MR) is 37.9 cm³/mol. The first-order valence-electron chi connectivity index (χ1n) is 3.08. The summed E-state index contributed by atoms with van der Waals surface area (Å²) < 4.78 is 110. The summed E-state index contributed by atoms with van der Waals surface area (Å²) >= 11 is 0. The van der Waals surface area contributed by atoms with Gasteiger partial charge in [0.05, 0.1) is 0 Å². The van der Waals surface area contributed by atoms with Gasteiger partial charge in [-0.15, -0.1) is 3.71 Å². The summed E-state index contributed by atoms with van der Waals surface area (Å²) in [5.74, 6) is 0. The molecule has 0 rings (SSSR count). The lowest BCUT2D eigenvalue weighted by molar-refractivity contribution is -0.242. The van der Waals surface area contributed by atoms with Gasteiger partial charge in [0.15, 0.2) is 0 Å². The largest absolute Gasteiger partial charge is 0.471 e. The van der Waals surface area contributed by atoms with E-state index in [1.807, 2.05) is 0 Å². The first-order chi connectivity index (χ1) is 7.19. The van der Waals surface area contributed by atoms with Gasteiger partial charge in [0.2, 0.25) is 6.41 Å². The average Bonchev–Trinajstić information content (AvgIpc) is 1.98. The Balaban J connectivity index is 5.99. The van der Waals surface area contributed by atoms with Crippen LogP contribution in [-0.4, -0.2) is 38.4 Å². The lowest BCUT2D eigenvalue weighted by atomic mass is 10.7. The van der Waals surface area contributed by atoms with E-state index in [-0.39, 0.29) is 0 Å². The summed E-state index contributed by atoms with van der Waals surface area (Å²) in [5.41, 5.74) is 0. The zero-order valence-corrected chi connectivity index (χ0v) is 8.78. The van der Waals surface area contributed by atoms with Crippen molar-refractivity contribution in [3.8, 4) is 0 Å². The molecule has 1 amide bonds. The molecule has 6 nitrogen and oxygen atoms in total. The Bertz CT molecular complexity index is 504. The maximum absolute atomic E-state index is 12.3. The Morgan fingerprint density at radius 3 is 1.47 bits per heavy atom. The molecule has 0 aliphatic heterocycles. The third-order valence-electron chi connectivity index (χ3n) is 1.19. The van der Waals surface area contributed by atoms with Crippen molar-refractivity contribution in [2.45, 2.75) is 11.4 Å². The van der Waals surface area contributed by atoms with E-state index in [0.29, 0.717) is 0 Å². The van der Waals surface area contributed by atoms with Gasteiger partial charge in [-0.2, -0.15) is 38.8 Å². The summed E-state index contributed by atoms with van der Waals surface area (Å²) in [5, 5.41) is -6.64. The Morgan fingerprint density at radius 1 is 0.941 bits per heavy atom. The summed E-state index contributed by atoms with van der Waals surface area (Å²) in [6, 6.07) is 0. The summed E-state index contributed by atoms with van der Waals surface area (Å²) in [6.45, 7) is 0. The highest BCUT2D eigenvalue weighted by Gasteiger charge is 2.70. The van der Waals surface area contributed by atoms with E-state index in [2.05, 4.69) is 0 Å². The first kappa shape index (κ1) is 16.0. The van der Waals surface area contributed by atoms with E-state index < -0.39 is 42.0 Å². The second-order valence-corrected chi connectivity index (χ2v) is 5.60. The Morgan fingerprint density at radius 2 is 1.29 bits per heavy atom. The summed E-state index contributed by atoms with van der Waals surface area (Å²) in [6.07, 6.45) is -8.26. The molecule has 0 unspecified atom stereocenters. The Hall–Kier alpha value is -1.05. The number of carbonyl (C=O) groups is 1. The van der Waals surface area contributed by atoms with E-state index in [9.17, 15) is 47.5 Å². The van der Waals surface area contributed by atoms with Crippen LogP contribution in [0.5, 0.6) is 0 Å². The number of rotatable bonds is 4. The van der Waals surface area contributed by atoms with Gasteiger partial charge in [-0.1, -0.05) is 3.89 Å². The minimum atomic E-state index is -7.12. The second-order valence-electron chi connectivity index (χ2n) is 2.29. The zero-order valence-electron chi connectivity index (χ0n) is 7.15. The fraction of sp³-hybridized carbons (Fsp3) is 0.667. The van der Waals surface area contributed by atoms with E-state index in [1.165, 1.54) is 0 Å². The molecule has 17 heavy (non-hydrogen) atoms. The molecule has 102 valence electrons. The van der Waals surface area contributed by atoms with E-state index in [0.717, 1.165) is 0 Å². The smallest absolute Gasteiger partial charge is 0.276 e. The minimum Gasteiger partial charge on any atom is -0.276 e. The van der Waals surface area contributed by atoms with Crippen molar-refractivity contribution in [3.63, 3.8) is 0 Å². The number of sulfonamides is 1. The minimum absolute atomic E-state index is 1.54. The van der Waals surface area contributed by atoms with Crippen molar-refractivity contribution in [1.29, 1.82) is 0 Å². The third-order valence-corrected chi connectivity index (χ3v) is 4.27. The van der Waals surface area contributed by atoms with Gasteiger partial charge in [-0.05, 0) is 0 Å². The van der Waals surface area contributed by atoms with Crippen molar-refractivity contribution in [1.82, 2.24) is 3.71 Å². The van der Waals surface area contributed by atoms with Gasteiger partial charge in [0.1, 0.15) is 0 Å². The molecule has 0 saturated carbocycles. The maximum Gasteiger partial charge on any atom is 0.471 e. The highest BCUT2D eigenvalue weighted by atomic mass is 32.3. The third kappa shape index (κ3) is 2.62. The standard InChI is InChI=1S/C3HF6NO5S2/c4-2(5,6)3(7,8)16(12,13)10(1-11)17(9,14)15/h1H. The maximum atomic E-state index is 12.3. The molecule has 0 bridgehead atoms. The van der Waals surface area contributed by atoms with Gasteiger partial charge in [-0.25, -0.2) is 0 Å². The van der Waals surface area contributed by atoms with Crippen LogP contribution in [0.4, 0.5) is 25.8 Å². The number of halogens is 6. The van der Waals surface area contributed by atoms with Crippen molar-refractivity contribution in [2.75, 3.05) is 0 Å². The van der Waals surface area contributed by atoms with Crippen LogP contribution in [0.3, 0.4) is 0 Å². The Labute approximate surface area is 90.2 Å². The molecule has 0 atom stereocenters. The van der Waals surface area contributed by atoms with Crippen molar-refractivity contribution < 1.29 is 47.5 Å². The number of hydrogen-bond acceptors (Lipinski definition) is 5. The molecule has 0 spiro atoms. The molecule has 0 heterocycles. The summed E-state index contributed by atoms with van der Waals surface area (Å²) in [4.78, 5) is 9.80. The van der Waals surface area contributed by atoms with Gasteiger partial charge >= 0.3 is 31.9 Å². The van der Waals surface area contributed by atoms with Gasteiger partial charge < -0.3 is 0 Å². The van der Waals surface area contributed by atoms with Gasteiger partial charge in [0.25, 0.3) is 0 Å². The highest BCUT2D eigenvalue weighted by Crippen LogP contribution is 2.41. The average molecular weight is 309 g/mol. The molecule has 0 radical (unpaired) electrons. The molecular weight excluding hydrogens is 308 g/mol. The fourth-order valence-corrected chi connectivity index (χ4v) is 2.44. The lowest BCUT2D eigenvalue weighted by Crippen LogP contribution is -2.52. The lowest BCUT2D eigenvalue weighted by Gasteiger charge is -2.22. The van der Waals surface area contributed by atoms with Crippen molar-refractivity contribution in [3.05, 3.63) is 0 Å². The van der Waals surface area contributed by atoms with E-state index >= 15 is 0 Å². The van der Waals surface area contributed by atoms with E-state index in [1.54, 1.807) is 0 Å². The number of carbonyl (C=O) groups excluding carboxylic acids is 1. The number of nitrogens with zero attached hydrogens (tertiary/aromatic N) is 1. The molecule has 0 aliphatic carbocycles. The number of hydrogen-bond donors (Lipinski definition) is 0. The van der Waals surface area contributed by atoms with Crippen LogP contribution in [-0.2, 0) is 25.2 Å². The molecule has 0 saturated heterocycles. The molecule has 0 aromatic carbocycles. The highest BCUT2D eigenvalue weighted by molar-refractivity contribution is 8.03. The van der Waals surface area contributed by atoms with Crippen molar-refractivity contribution in [2.24, 2.45) is 0 Å². The molecule has 14 heteroatoms. The molecule has 0 fully saturated rings. The van der Waals surface area contributed by atoms with Crippen LogP contribution in [0, 0.1) is 0 Å².